The Kier molecular flexibility index (Phi) is 3.12. The van der Waals surface area contributed by atoms with Gasteiger partial charge in [-0.05, 0) is 30.7 Å². The van der Waals surface area contributed by atoms with Crippen LogP contribution in [-0.4, -0.2) is 16.1 Å². The van der Waals surface area contributed by atoms with Gasteiger partial charge in [-0.2, -0.15) is 0 Å². The van der Waals surface area contributed by atoms with E-state index < -0.39 is 11.0 Å². The van der Waals surface area contributed by atoms with Crippen LogP contribution in [0.3, 0.4) is 0 Å². The summed E-state index contributed by atoms with van der Waals surface area (Å²) >= 11 is 0. The number of nitrogens with zero attached hydrogens (tertiary/aromatic N) is 1. The fourth-order valence-corrected chi connectivity index (χ4v) is 2.38. The SMILES string of the molecule is O=[N+]([O-])c1ccc(C2=CC(O)C3CC=CC=C3O2)cc1. The van der Waals surface area contributed by atoms with E-state index in [0.29, 0.717) is 11.3 Å². The highest BCUT2D eigenvalue weighted by Crippen LogP contribution is 2.36. The average Bonchev–Trinajstić information content (AvgIpc) is 2.47. The second-order valence-electron chi connectivity index (χ2n) is 4.77. The summed E-state index contributed by atoms with van der Waals surface area (Å²) in [5.41, 5.74) is 0.743. The third-order valence-corrected chi connectivity index (χ3v) is 3.48. The van der Waals surface area contributed by atoms with Crippen LogP contribution < -0.4 is 0 Å². The highest BCUT2D eigenvalue weighted by atomic mass is 16.6. The molecular weight excluding hydrogens is 258 g/mol. The van der Waals surface area contributed by atoms with Gasteiger partial charge in [0.1, 0.15) is 11.5 Å². The minimum Gasteiger partial charge on any atom is -0.461 e. The van der Waals surface area contributed by atoms with Crippen molar-refractivity contribution < 1.29 is 14.8 Å². The van der Waals surface area contributed by atoms with Crippen LogP contribution >= 0.6 is 0 Å². The van der Waals surface area contributed by atoms with E-state index in [0.717, 1.165) is 12.2 Å². The number of allylic oxidation sites excluding steroid dienone is 3. The molecule has 102 valence electrons. The van der Waals surface area contributed by atoms with E-state index in [1.807, 2.05) is 18.2 Å². The Morgan fingerprint density at radius 2 is 2.05 bits per heavy atom. The molecule has 0 amide bonds. The average molecular weight is 271 g/mol. The lowest BCUT2D eigenvalue weighted by Gasteiger charge is -2.30. The summed E-state index contributed by atoms with van der Waals surface area (Å²) in [6, 6.07) is 6.09. The van der Waals surface area contributed by atoms with Gasteiger partial charge in [-0.25, -0.2) is 0 Å². The number of nitro benzene ring substituents is 1. The van der Waals surface area contributed by atoms with Gasteiger partial charge in [-0.3, -0.25) is 10.1 Å². The second-order valence-corrected chi connectivity index (χ2v) is 4.77. The Morgan fingerprint density at radius 1 is 1.30 bits per heavy atom. The molecule has 0 saturated carbocycles. The minimum absolute atomic E-state index is 0.0309. The fourth-order valence-electron chi connectivity index (χ4n) is 2.38. The topological polar surface area (TPSA) is 72.6 Å². The van der Waals surface area contributed by atoms with Gasteiger partial charge in [0.15, 0.2) is 0 Å². The van der Waals surface area contributed by atoms with Crippen molar-refractivity contribution in [1.29, 1.82) is 0 Å². The van der Waals surface area contributed by atoms with Crippen molar-refractivity contribution in [2.24, 2.45) is 5.92 Å². The molecule has 5 heteroatoms. The Hall–Kier alpha value is -2.40. The number of non-ortho nitro benzene ring substituents is 1. The van der Waals surface area contributed by atoms with Crippen molar-refractivity contribution in [2.75, 3.05) is 0 Å². The molecule has 0 fully saturated rings. The molecule has 1 aliphatic carbocycles. The molecule has 0 spiro atoms. The smallest absolute Gasteiger partial charge is 0.269 e. The molecule has 2 atom stereocenters. The number of rotatable bonds is 2. The van der Waals surface area contributed by atoms with Crippen LogP contribution in [0.5, 0.6) is 0 Å². The van der Waals surface area contributed by atoms with E-state index in [9.17, 15) is 15.2 Å². The summed E-state index contributed by atoms with van der Waals surface area (Å²) in [5, 5.41) is 20.8. The molecule has 0 aromatic heterocycles. The first-order valence-electron chi connectivity index (χ1n) is 6.34. The zero-order chi connectivity index (χ0) is 14.1. The zero-order valence-corrected chi connectivity index (χ0v) is 10.6. The standard InChI is InChI=1S/C15H13NO4/c17-13-9-15(20-14-4-2-1-3-12(13)14)10-5-7-11(8-6-10)16(18)19/h1-2,4-9,12-13,17H,3H2. The minimum atomic E-state index is -0.606. The molecule has 1 heterocycles. The molecule has 0 radical (unpaired) electrons. The Labute approximate surface area is 115 Å². The summed E-state index contributed by atoms with van der Waals surface area (Å²) in [4.78, 5) is 10.2. The third kappa shape index (κ3) is 2.23. The van der Waals surface area contributed by atoms with Crippen molar-refractivity contribution in [1.82, 2.24) is 0 Å². The number of aliphatic hydroxyl groups is 1. The van der Waals surface area contributed by atoms with Gasteiger partial charge >= 0.3 is 0 Å². The van der Waals surface area contributed by atoms with Crippen molar-refractivity contribution in [2.45, 2.75) is 12.5 Å². The van der Waals surface area contributed by atoms with Crippen molar-refractivity contribution in [3.05, 3.63) is 70.0 Å². The van der Waals surface area contributed by atoms with Crippen LogP contribution in [0, 0.1) is 16.0 Å². The number of hydrogen-bond donors (Lipinski definition) is 1. The highest BCUT2D eigenvalue weighted by molar-refractivity contribution is 5.64. The quantitative estimate of drug-likeness (QED) is 0.663. The molecule has 3 rings (SSSR count). The van der Waals surface area contributed by atoms with Crippen LogP contribution in [0.2, 0.25) is 0 Å². The van der Waals surface area contributed by atoms with Crippen molar-refractivity contribution in [3.63, 3.8) is 0 Å². The number of aliphatic hydroxyl groups excluding tert-OH is 1. The molecule has 20 heavy (non-hydrogen) atoms. The molecule has 1 aliphatic heterocycles. The van der Waals surface area contributed by atoms with Gasteiger partial charge in [0.05, 0.1) is 16.9 Å². The highest BCUT2D eigenvalue weighted by Gasteiger charge is 2.30. The Balaban J connectivity index is 1.90. The summed E-state index contributed by atoms with van der Waals surface area (Å²) in [7, 11) is 0. The van der Waals surface area contributed by atoms with Gasteiger partial charge in [0, 0.05) is 17.7 Å². The molecule has 5 nitrogen and oxygen atoms in total. The van der Waals surface area contributed by atoms with E-state index >= 15 is 0 Å². The maximum atomic E-state index is 10.6. The van der Waals surface area contributed by atoms with E-state index in [-0.39, 0.29) is 11.6 Å². The second kappa shape index (κ2) is 4.94. The monoisotopic (exact) mass is 271 g/mol. The number of benzene rings is 1. The van der Waals surface area contributed by atoms with E-state index in [1.54, 1.807) is 18.2 Å². The van der Waals surface area contributed by atoms with Gasteiger partial charge in [0.2, 0.25) is 0 Å². The van der Waals surface area contributed by atoms with Crippen molar-refractivity contribution >= 4 is 11.4 Å². The predicted molar refractivity (Wildman–Crippen MR) is 73.5 cm³/mol. The Morgan fingerprint density at radius 3 is 2.75 bits per heavy atom. The largest absolute Gasteiger partial charge is 0.461 e. The van der Waals surface area contributed by atoms with Crippen LogP contribution in [0.4, 0.5) is 5.69 Å². The first-order chi connectivity index (χ1) is 9.65. The number of nitro groups is 1. The normalized spacial score (nSPS) is 24.2. The number of hydrogen-bond acceptors (Lipinski definition) is 4. The van der Waals surface area contributed by atoms with Crippen molar-refractivity contribution in [3.8, 4) is 0 Å². The lowest BCUT2D eigenvalue weighted by Crippen LogP contribution is -2.26. The molecule has 1 aromatic carbocycles. The van der Waals surface area contributed by atoms with Gasteiger partial charge in [-0.1, -0.05) is 12.2 Å². The van der Waals surface area contributed by atoms with Gasteiger partial charge < -0.3 is 9.84 Å². The molecule has 2 unspecified atom stereocenters. The first-order valence-corrected chi connectivity index (χ1v) is 6.34. The van der Waals surface area contributed by atoms with Gasteiger partial charge in [-0.15, -0.1) is 0 Å². The van der Waals surface area contributed by atoms with Crippen LogP contribution in [0.25, 0.3) is 5.76 Å². The summed E-state index contributed by atoms with van der Waals surface area (Å²) in [6.45, 7) is 0. The maximum Gasteiger partial charge on any atom is 0.269 e. The zero-order valence-electron chi connectivity index (χ0n) is 10.6. The lowest BCUT2D eigenvalue weighted by atomic mass is 9.90. The lowest BCUT2D eigenvalue weighted by molar-refractivity contribution is -0.384. The molecule has 0 saturated heterocycles. The Bertz CT molecular complexity index is 628. The van der Waals surface area contributed by atoms with E-state index in [4.69, 9.17) is 4.74 Å². The van der Waals surface area contributed by atoms with E-state index in [1.165, 1.54) is 12.1 Å². The molecular formula is C15H13NO4. The molecule has 1 aromatic rings. The number of fused-ring (bicyclic) bond motifs is 1. The maximum absolute atomic E-state index is 10.6. The molecule has 0 bridgehead atoms. The summed E-state index contributed by atoms with van der Waals surface area (Å²) in [5.74, 6) is 1.22. The number of ether oxygens (including phenoxy) is 1. The summed E-state index contributed by atoms with van der Waals surface area (Å²) in [6.07, 6.45) is 7.53. The predicted octanol–water partition coefficient (Wildman–Crippen LogP) is 2.79. The fraction of sp³-hybridized carbons (Fsp3) is 0.200. The van der Waals surface area contributed by atoms with Crippen LogP contribution in [-0.2, 0) is 4.74 Å². The van der Waals surface area contributed by atoms with Gasteiger partial charge in [0.25, 0.3) is 5.69 Å². The third-order valence-electron chi connectivity index (χ3n) is 3.48. The molecule has 1 N–H and O–H groups in total. The van der Waals surface area contributed by atoms with Crippen LogP contribution in [0.1, 0.15) is 12.0 Å². The van der Waals surface area contributed by atoms with E-state index in [2.05, 4.69) is 0 Å². The molecule has 2 aliphatic rings. The van der Waals surface area contributed by atoms with Crippen LogP contribution in [0.15, 0.2) is 54.3 Å². The summed E-state index contributed by atoms with van der Waals surface area (Å²) < 4.78 is 5.79. The first kappa shape index (κ1) is 12.6.